The maximum Gasteiger partial charge on any atom is 0.432 e. The number of rotatable bonds is 5. The Hall–Kier alpha value is -3.17. The van der Waals surface area contributed by atoms with Gasteiger partial charge in [-0.2, -0.15) is 8.78 Å². The minimum absolute atomic E-state index is 0.0605. The van der Waals surface area contributed by atoms with E-state index in [1.54, 1.807) is 0 Å². The van der Waals surface area contributed by atoms with Crippen molar-refractivity contribution in [3.63, 3.8) is 0 Å². The number of ether oxygens (including phenoxy) is 1. The molecule has 35 heavy (non-hydrogen) atoms. The molecule has 1 fully saturated rings. The Bertz CT molecular complexity index is 1200. The molecule has 3 aromatic carbocycles. The smallest absolute Gasteiger partial charge is 0.429 e. The summed E-state index contributed by atoms with van der Waals surface area (Å²) >= 11 is 0. The van der Waals surface area contributed by atoms with Crippen LogP contribution in [0.3, 0.4) is 0 Å². The van der Waals surface area contributed by atoms with Gasteiger partial charge in [-0.1, -0.05) is 19.3 Å². The van der Waals surface area contributed by atoms with Crippen LogP contribution in [0.1, 0.15) is 49.1 Å². The fourth-order valence-electron chi connectivity index (χ4n) is 4.33. The lowest BCUT2D eigenvalue weighted by molar-refractivity contribution is -0.189. The average molecular weight is 504 g/mol. The van der Waals surface area contributed by atoms with Crippen LogP contribution in [0.5, 0.6) is 5.75 Å². The lowest BCUT2D eigenvalue weighted by atomic mass is 9.83. The molecule has 4 rings (SSSR count). The third-order valence-electron chi connectivity index (χ3n) is 5.97. The molecule has 0 atom stereocenters. The molecule has 1 aliphatic carbocycles. The van der Waals surface area contributed by atoms with Gasteiger partial charge in [0.25, 0.3) is 0 Å². The number of alkyl halides is 2. The zero-order valence-electron chi connectivity index (χ0n) is 17.9. The van der Waals surface area contributed by atoms with Gasteiger partial charge in [-0.25, -0.2) is 30.7 Å². The van der Waals surface area contributed by atoms with Crippen LogP contribution in [0.25, 0.3) is 11.1 Å². The molecule has 0 radical (unpaired) electrons. The van der Waals surface area contributed by atoms with Crippen molar-refractivity contribution in [2.24, 2.45) is 0 Å². The first-order valence-electron chi connectivity index (χ1n) is 10.7. The molecule has 0 heterocycles. The van der Waals surface area contributed by atoms with Crippen LogP contribution in [0.15, 0.2) is 36.4 Å². The predicted molar refractivity (Wildman–Crippen MR) is 108 cm³/mol. The normalized spacial score (nSPS) is 14.9. The molecule has 0 N–H and O–H groups in total. The number of benzene rings is 3. The standard InChI is InChI=1S/C25H17F9O/c26-16-6-13(12-4-2-1-3-5-12)7-17(27)22(16)14-8-18(28)23(19(29)9-14)25(33,34)35-15-10-20(30)24(32)21(31)11-15/h6-12H,1-5H2. The highest BCUT2D eigenvalue weighted by molar-refractivity contribution is 5.66. The Kier molecular flexibility index (Phi) is 6.75. The third kappa shape index (κ3) is 4.97. The second kappa shape index (κ2) is 9.47. The van der Waals surface area contributed by atoms with Crippen LogP contribution >= 0.6 is 0 Å². The van der Waals surface area contributed by atoms with E-state index in [9.17, 15) is 39.5 Å². The van der Waals surface area contributed by atoms with Crippen molar-refractivity contribution in [2.75, 3.05) is 0 Å². The van der Waals surface area contributed by atoms with Gasteiger partial charge in [-0.15, -0.1) is 0 Å². The van der Waals surface area contributed by atoms with E-state index < -0.39 is 69.3 Å². The summed E-state index contributed by atoms with van der Waals surface area (Å²) in [5, 5.41) is 0. The first-order chi connectivity index (χ1) is 16.5. The molecular formula is C25H17F9O. The molecule has 3 aromatic rings. The lowest BCUT2D eigenvalue weighted by Gasteiger charge is -2.23. The number of hydrogen-bond acceptors (Lipinski definition) is 1. The van der Waals surface area contributed by atoms with E-state index in [-0.39, 0.29) is 18.1 Å². The Labute approximate surface area is 194 Å². The van der Waals surface area contributed by atoms with Gasteiger partial charge in [0.2, 0.25) is 0 Å². The maximum absolute atomic E-state index is 14.8. The maximum atomic E-state index is 14.8. The third-order valence-corrected chi connectivity index (χ3v) is 5.97. The van der Waals surface area contributed by atoms with Crippen molar-refractivity contribution in [2.45, 2.75) is 44.1 Å². The highest BCUT2D eigenvalue weighted by Crippen LogP contribution is 2.40. The summed E-state index contributed by atoms with van der Waals surface area (Å²) in [6, 6.07) is 2.84. The highest BCUT2D eigenvalue weighted by atomic mass is 19.3. The molecule has 0 bridgehead atoms. The van der Waals surface area contributed by atoms with Crippen LogP contribution in [0.4, 0.5) is 39.5 Å². The molecule has 0 unspecified atom stereocenters. The van der Waals surface area contributed by atoms with Crippen LogP contribution in [-0.2, 0) is 6.11 Å². The van der Waals surface area contributed by atoms with Crippen LogP contribution < -0.4 is 4.74 Å². The molecule has 0 saturated heterocycles. The summed E-state index contributed by atoms with van der Waals surface area (Å²) in [7, 11) is 0. The molecule has 186 valence electrons. The van der Waals surface area contributed by atoms with E-state index in [4.69, 9.17) is 0 Å². The van der Waals surface area contributed by atoms with E-state index >= 15 is 0 Å². The largest absolute Gasteiger partial charge is 0.432 e. The van der Waals surface area contributed by atoms with Crippen molar-refractivity contribution in [3.05, 3.63) is 88.2 Å². The zero-order valence-corrected chi connectivity index (χ0v) is 17.9. The molecule has 0 amide bonds. The van der Waals surface area contributed by atoms with Crippen molar-refractivity contribution in [3.8, 4) is 16.9 Å². The van der Waals surface area contributed by atoms with E-state index in [1.165, 1.54) is 0 Å². The number of hydrogen-bond donors (Lipinski definition) is 0. The van der Waals surface area contributed by atoms with Gasteiger partial charge in [0.1, 0.15) is 34.6 Å². The molecular weight excluding hydrogens is 487 g/mol. The zero-order chi connectivity index (χ0) is 25.5. The summed E-state index contributed by atoms with van der Waals surface area (Å²) in [5.41, 5.74) is -3.05. The molecule has 1 aliphatic rings. The average Bonchev–Trinajstić information content (AvgIpc) is 2.76. The van der Waals surface area contributed by atoms with Crippen LogP contribution in [0, 0.1) is 40.7 Å². The van der Waals surface area contributed by atoms with Crippen molar-refractivity contribution in [1.82, 2.24) is 0 Å². The molecule has 0 spiro atoms. The van der Waals surface area contributed by atoms with Crippen molar-refractivity contribution in [1.29, 1.82) is 0 Å². The first-order valence-corrected chi connectivity index (χ1v) is 10.7. The summed E-state index contributed by atoms with van der Waals surface area (Å²) < 4.78 is 131. The minimum Gasteiger partial charge on any atom is -0.429 e. The van der Waals surface area contributed by atoms with E-state index in [0.717, 1.165) is 44.2 Å². The summed E-state index contributed by atoms with van der Waals surface area (Å²) in [6.07, 6.45) is -0.503. The molecule has 1 nitrogen and oxygen atoms in total. The quantitative estimate of drug-likeness (QED) is 0.250. The molecule has 0 aromatic heterocycles. The minimum atomic E-state index is -4.81. The van der Waals surface area contributed by atoms with Gasteiger partial charge >= 0.3 is 6.11 Å². The van der Waals surface area contributed by atoms with Crippen LogP contribution in [-0.4, -0.2) is 0 Å². The molecule has 10 heteroatoms. The SMILES string of the molecule is Fc1cc(OC(F)(F)c2c(F)cc(-c3c(F)cc(C4CCCCC4)cc3F)cc2F)cc(F)c1F. The van der Waals surface area contributed by atoms with Gasteiger partial charge in [-0.05, 0) is 54.2 Å². The summed E-state index contributed by atoms with van der Waals surface area (Å²) in [6.45, 7) is 0. The Morgan fingerprint density at radius 1 is 0.629 bits per heavy atom. The van der Waals surface area contributed by atoms with Gasteiger partial charge in [0, 0.05) is 12.1 Å². The molecule has 1 saturated carbocycles. The fraction of sp³-hybridized carbons (Fsp3) is 0.280. The number of halogens is 9. The van der Waals surface area contributed by atoms with Gasteiger partial charge in [0.15, 0.2) is 17.5 Å². The fourth-order valence-corrected chi connectivity index (χ4v) is 4.33. The van der Waals surface area contributed by atoms with Crippen molar-refractivity contribution < 1.29 is 44.3 Å². The van der Waals surface area contributed by atoms with Gasteiger partial charge < -0.3 is 4.74 Å². The summed E-state index contributed by atoms with van der Waals surface area (Å²) in [4.78, 5) is 0. The second-order valence-corrected chi connectivity index (χ2v) is 8.33. The Morgan fingerprint density at radius 3 is 1.66 bits per heavy atom. The van der Waals surface area contributed by atoms with Gasteiger partial charge in [0.05, 0.1) is 5.56 Å². The van der Waals surface area contributed by atoms with Crippen LogP contribution in [0.2, 0.25) is 0 Å². The highest BCUT2D eigenvalue weighted by Gasteiger charge is 2.42. The summed E-state index contributed by atoms with van der Waals surface area (Å²) in [5.74, 6) is -13.1. The van der Waals surface area contributed by atoms with E-state index in [1.807, 2.05) is 0 Å². The predicted octanol–water partition coefficient (Wildman–Crippen LogP) is 8.50. The second-order valence-electron chi connectivity index (χ2n) is 8.33. The van der Waals surface area contributed by atoms with E-state index in [0.29, 0.717) is 17.7 Å². The topological polar surface area (TPSA) is 9.23 Å². The first kappa shape index (κ1) is 24.9. The molecule has 0 aliphatic heterocycles. The van der Waals surface area contributed by atoms with Gasteiger partial charge in [-0.3, -0.25) is 0 Å². The lowest BCUT2D eigenvalue weighted by Crippen LogP contribution is -2.25. The van der Waals surface area contributed by atoms with E-state index in [2.05, 4.69) is 4.74 Å². The Balaban J connectivity index is 1.68. The monoisotopic (exact) mass is 504 g/mol. The Morgan fingerprint density at radius 2 is 1.14 bits per heavy atom. The van der Waals surface area contributed by atoms with Crippen molar-refractivity contribution >= 4 is 0 Å².